The van der Waals surface area contributed by atoms with Crippen LogP contribution in [0.15, 0.2) is 78.1 Å². The molecule has 0 amide bonds. The van der Waals surface area contributed by atoms with Crippen LogP contribution >= 0.6 is 11.6 Å². The number of hydrogen-bond acceptors (Lipinski definition) is 6. The fourth-order valence-corrected chi connectivity index (χ4v) is 4.95. The number of nitrogens with one attached hydrogen (secondary N) is 1. The molecule has 0 spiro atoms. The van der Waals surface area contributed by atoms with E-state index in [2.05, 4.69) is 15.3 Å². The molecule has 2 aromatic carbocycles. The van der Waals surface area contributed by atoms with Crippen LogP contribution in [0.5, 0.6) is 5.75 Å². The molecule has 8 nitrogen and oxygen atoms in total. The monoisotopic (exact) mass is 529 g/mol. The molecule has 5 rings (SSSR count). The molecule has 0 aliphatic rings. The van der Waals surface area contributed by atoms with Crippen molar-refractivity contribution in [3.8, 4) is 16.9 Å². The van der Waals surface area contributed by atoms with E-state index in [1.807, 2.05) is 79.5 Å². The summed E-state index contributed by atoms with van der Waals surface area (Å²) in [6.07, 6.45) is 6.96. The molecule has 5 aromatic rings. The number of imidazole rings is 1. The first-order valence-electron chi connectivity index (χ1n) is 12.2. The largest absolute Gasteiger partial charge is 0.497 e. The molecule has 0 aliphatic carbocycles. The molecule has 0 radical (unpaired) electrons. The Morgan fingerprint density at radius 3 is 2.63 bits per heavy atom. The summed E-state index contributed by atoms with van der Waals surface area (Å²) in [5.74, 6) is 1.45. The Morgan fingerprint density at radius 2 is 1.87 bits per heavy atom. The van der Waals surface area contributed by atoms with Crippen molar-refractivity contribution in [3.05, 3.63) is 106 Å². The molecule has 194 valence electrons. The standard InChI is InChI=1S/C29H28ClN5O3/c1-18(21-5-4-6-22(14-21)38-3)35-9-7-23-24(25-13-20(17-36)15-33-27(25)30)11-19(12-26(23)28(35)37)16-34-10-8-32-29(34)31-2/h4-15,18,36H,16-17H2,1-3H3,(H,31,32)/t18-/m0/s1. The Hall–Kier alpha value is -4.14. The van der Waals surface area contributed by atoms with E-state index in [1.54, 1.807) is 24.1 Å². The van der Waals surface area contributed by atoms with Gasteiger partial charge in [-0.15, -0.1) is 0 Å². The number of anilines is 1. The van der Waals surface area contributed by atoms with Crippen molar-refractivity contribution in [2.45, 2.75) is 26.1 Å². The summed E-state index contributed by atoms with van der Waals surface area (Å²) in [6.45, 7) is 2.31. The highest BCUT2D eigenvalue weighted by Gasteiger charge is 2.18. The first-order valence-corrected chi connectivity index (χ1v) is 12.6. The van der Waals surface area contributed by atoms with Crippen molar-refractivity contribution in [1.82, 2.24) is 19.1 Å². The molecule has 2 N–H and O–H groups in total. The molecule has 0 aliphatic heterocycles. The third-order valence-electron chi connectivity index (χ3n) is 6.76. The fourth-order valence-electron chi connectivity index (χ4n) is 4.74. The minimum absolute atomic E-state index is 0.122. The Balaban J connectivity index is 1.72. The van der Waals surface area contributed by atoms with Crippen LogP contribution < -0.4 is 15.6 Å². The first kappa shape index (κ1) is 25.5. The number of rotatable bonds is 8. The molecule has 38 heavy (non-hydrogen) atoms. The number of ether oxygens (including phenoxy) is 1. The van der Waals surface area contributed by atoms with Gasteiger partial charge < -0.3 is 24.3 Å². The lowest BCUT2D eigenvalue weighted by Crippen LogP contribution is -2.23. The topological polar surface area (TPSA) is 94.2 Å². The predicted octanol–water partition coefficient (Wildman–Crippen LogP) is 5.11. The quantitative estimate of drug-likeness (QED) is 0.271. The van der Waals surface area contributed by atoms with Crippen molar-refractivity contribution in [1.29, 1.82) is 0 Å². The van der Waals surface area contributed by atoms with Crippen LogP contribution in [0.2, 0.25) is 5.15 Å². The number of benzene rings is 2. The Morgan fingerprint density at radius 1 is 1.05 bits per heavy atom. The van der Waals surface area contributed by atoms with Crippen molar-refractivity contribution in [2.75, 3.05) is 19.5 Å². The average Bonchev–Trinajstić information content (AvgIpc) is 3.40. The van der Waals surface area contributed by atoms with Gasteiger partial charge in [-0.2, -0.15) is 0 Å². The number of hydrogen-bond donors (Lipinski definition) is 2. The lowest BCUT2D eigenvalue weighted by atomic mass is 9.96. The van der Waals surface area contributed by atoms with Crippen molar-refractivity contribution < 1.29 is 9.84 Å². The van der Waals surface area contributed by atoms with Crippen LogP contribution in [0.3, 0.4) is 0 Å². The van der Waals surface area contributed by atoms with Crippen LogP contribution in [0.25, 0.3) is 21.9 Å². The minimum atomic E-state index is -0.221. The summed E-state index contributed by atoms with van der Waals surface area (Å²) in [5, 5.41) is 14.4. The highest BCUT2D eigenvalue weighted by Crippen LogP contribution is 2.34. The van der Waals surface area contributed by atoms with Gasteiger partial charge in [0.1, 0.15) is 10.9 Å². The summed E-state index contributed by atoms with van der Waals surface area (Å²) in [6, 6.07) is 15.2. The molecule has 0 fully saturated rings. The number of fused-ring (bicyclic) bond motifs is 1. The van der Waals surface area contributed by atoms with E-state index < -0.39 is 0 Å². The zero-order chi connectivity index (χ0) is 26.8. The molecule has 9 heteroatoms. The number of methoxy groups -OCH3 is 1. The molecule has 0 saturated heterocycles. The van der Waals surface area contributed by atoms with Gasteiger partial charge in [-0.3, -0.25) is 4.79 Å². The molecular formula is C29H28ClN5O3. The van der Waals surface area contributed by atoms with Crippen LogP contribution in [-0.4, -0.2) is 38.4 Å². The first-order chi connectivity index (χ1) is 18.4. The predicted molar refractivity (Wildman–Crippen MR) is 150 cm³/mol. The van der Waals surface area contributed by atoms with E-state index in [1.165, 1.54) is 0 Å². The average molecular weight is 530 g/mol. The normalized spacial score (nSPS) is 12.0. The number of aliphatic hydroxyl groups is 1. The number of pyridine rings is 2. The zero-order valence-corrected chi connectivity index (χ0v) is 22.1. The van der Waals surface area contributed by atoms with Gasteiger partial charge in [0.2, 0.25) is 5.95 Å². The minimum Gasteiger partial charge on any atom is -0.497 e. The van der Waals surface area contributed by atoms with E-state index in [4.69, 9.17) is 16.3 Å². The van der Waals surface area contributed by atoms with Gasteiger partial charge in [0.05, 0.1) is 26.3 Å². The van der Waals surface area contributed by atoms with Crippen LogP contribution in [-0.2, 0) is 13.2 Å². The molecule has 3 aromatic heterocycles. The van der Waals surface area contributed by atoms with E-state index in [-0.39, 0.29) is 18.2 Å². The van der Waals surface area contributed by atoms with Gasteiger partial charge in [0.15, 0.2) is 0 Å². The van der Waals surface area contributed by atoms with Crippen LogP contribution in [0.1, 0.15) is 29.7 Å². The fraction of sp³-hybridized carbons (Fsp3) is 0.207. The van der Waals surface area contributed by atoms with Gasteiger partial charge >= 0.3 is 0 Å². The highest BCUT2D eigenvalue weighted by atomic mass is 35.5. The van der Waals surface area contributed by atoms with Crippen molar-refractivity contribution in [2.24, 2.45) is 0 Å². The van der Waals surface area contributed by atoms with Gasteiger partial charge in [0, 0.05) is 42.8 Å². The lowest BCUT2D eigenvalue weighted by Gasteiger charge is -2.19. The lowest BCUT2D eigenvalue weighted by molar-refractivity contribution is 0.281. The Kier molecular flexibility index (Phi) is 7.18. The van der Waals surface area contributed by atoms with E-state index >= 15 is 0 Å². The van der Waals surface area contributed by atoms with Gasteiger partial charge in [-0.25, -0.2) is 9.97 Å². The molecule has 0 saturated carbocycles. The third-order valence-corrected chi connectivity index (χ3v) is 7.06. The van der Waals surface area contributed by atoms with E-state index in [0.29, 0.717) is 34.2 Å². The van der Waals surface area contributed by atoms with E-state index in [0.717, 1.165) is 27.8 Å². The van der Waals surface area contributed by atoms with Crippen LogP contribution in [0, 0.1) is 0 Å². The van der Waals surface area contributed by atoms with Gasteiger partial charge in [0.25, 0.3) is 5.56 Å². The number of aliphatic hydroxyl groups excluding tert-OH is 1. The second kappa shape index (κ2) is 10.7. The Labute approximate surface area is 225 Å². The summed E-state index contributed by atoms with van der Waals surface area (Å²) in [4.78, 5) is 22.6. The molecule has 3 heterocycles. The maximum atomic E-state index is 14.0. The van der Waals surface area contributed by atoms with Gasteiger partial charge in [-0.1, -0.05) is 23.7 Å². The number of aromatic nitrogens is 4. The molecule has 0 bridgehead atoms. The number of halogens is 1. The second-order valence-corrected chi connectivity index (χ2v) is 9.41. The number of nitrogens with zero attached hydrogens (tertiary/aromatic N) is 4. The maximum absolute atomic E-state index is 14.0. The summed E-state index contributed by atoms with van der Waals surface area (Å²) < 4.78 is 9.08. The summed E-state index contributed by atoms with van der Waals surface area (Å²) in [5.41, 5.74) is 3.80. The van der Waals surface area contributed by atoms with Crippen LogP contribution in [0.4, 0.5) is 5.95 Å². The summed E-state index contributed by atoms with van der Waals surface area (Å²) in [7, 11) is 3.44. The smallest absolute Gasteiger partial charge is 0.259 e. The maximum Gasteiger partial charge on any atom is 0.259 e. The van der Waals surface area contributed by atoms with E-state index in [9.17, 15) is 9.90 Å². The van der Waals surface area contributed by atoms with Crippen molar-refractivity contribution >= 4 is 28.3 Å². The Bertz CT molecular complexity index is 1680. The second-order valence-electron chi connectivity index (χ2n) is 9.05. The van der Waals surface area contributed by atoms with Crippen molar-refractivity contribution in [3.63, 3.8) is 0 Å². The molecule has 1 atom stereocenters. The molecular weight excluding hydrogens is 502 g/mol. The van der Waals surface area contributed by atoms with Gasteiger partial charge in [-0.05, 0) is 71.0 Å². The molecule has 0 unspecified atom stereocenters. The zero-order valence-electron chi connectivity index (χ0n) is 21.4. The highest BCUT2D eigenvalue weighted by molar-refractivity contribution is 6.32. The third kappa shape index (κ3) is 4.76. The summed E-state index contributed by atoms with van der Waals surface area (Å²) >= 11 is 6.55. The SMILES string of the molecule is CNc1nccn1Cc1cc(-c2cc(CO)cnc2Cl)c2ccn([C@@H](C)c3cccc(OC)c3)c(=O)c2c1.